The molecule has 13 nitrogen and oxygen atoms in total. The SMILES string of the molecule is Cc1cn([C@@H]2O[C@@](COCc3ccccc3)(C(=O)O)[C@@H](OCc3ccccc3)[C@H]2ON2C(=O)c3ccccc3C2=O)c(=O)[nH]c1=O. The van der Waals surface area contributed by atoms with E-state index in [4.69, 9.17) is 19.0 Å². The van der Waals surface area contributed by atoms with Gasteiger partial charge in [0.15, 0.2) is 12.3 Å². The molecule has 3 heterocycles. The summed E-state index contributed by atoms with van der Waals surface area (Å²) < 4.78 is 19.3. The fraction of sp³-hybridized carbons (Fsp3) is 0.242. The Morgan fingerprint density at radius 3 is 2.02 bits per heavy atom. The van der Waals surface area contributed by atoms with E-state index in [2.05, 4.69) is 4.98 Å². The Bertz CT molecular complexity index is 1860. The number of aromatic nitrogens is 2. The zero-order valence-electron chi connectivity index (χ0n) is 24.5. The number of hydrogen-bond donors (Lipinski definition) is 2. The van der Waals surface area contributed by atoms with Crippen LogP contribution in [-0.2, 0) is 37.1 Å². The predicted octanol–water partition coefficient (Wildman–Crippen LogP) is 2.60. The number of carbonyl (C=O) groups excluding carboxylic acids is 2. The van der Waals surface area contributed by atoms with Crippen molar-refractivity contribution in [2.45, 2.75) is 44.2 Å². The highest BCUT2D eigenvalue weighted by Gasteiger charge is 2.64. The number of imide groups is 1. The minimum Gasteiger partial charge on any atom is -0.479 e. The van der Waals surface area contributed by atoms with E-state index >= 15 is 0 Å². The Morgan fingerprint density at radius 2 is 1.43 bits per heavy atom. The summed E-state index contributed by atoms with van der Waals surface area (Å²) in [6.45, 7) is 0.751. The van der Waals surface area contributed by atoms with Crippen LogP contribution in [0, 0.1) is 6.92 Å². The van der Waals surface area contributed by atoms with Crippen LogP contribution >= 0.6 is 0 Å². The molecule has 3 aromatic carbocycles. The maximum Gasteiger partial charge on any atom is 0.341 e. The fourth-order valence-corrected chi connectivity index (χ4v) is 5.48. The summed E-state index contributed by atoms with van der Waals surface area (Å²) in [7, 11) is 0. The summed E-state index contributed by atoms with van der Waals surface area (Å²) in [5.41, 5.74) is -2.22. The number of hydroxylamine groups is 2. The number of hydrogen-bond acceptors (Lipinski definition) is 9. The smallest absolute Gasteiger partial charge is 0.341 e. The molecular formula is C33H29N3O10. The maximum atomic E-state index is 13.4. The molecule has 2 N–H and O–H groups in total. The van der Waals surface area contributed by atoms with E-state index in [9.17, 15) is 29.1 Å². The van der Waals surface area contributed by atoms with Gasteiger partial charge in [0, 0.05) is 11.8 Å². The van der Waals surface area contributed by atoms with Crippen LogP contribution in [0.5, 0.6) is 0 Å². The molecule has 0 bridgehead atoms. The standard InChI is InChI=1S/C33H29N3O10/c1-20-16-35(32(42)34-27(20)37)30-25(46-36-28(38)23-14-8-9-15-24(23)29(36)39)26(44-18-22-12-6-3-7-13-22)33(45-30,31(40)41)19-43-17-21-10-4-2-5-11-21/h2-16,25-26,30H,17-19H2,1H3,(H,40,41)(H,34,37,42)/t25-,26+,30-,33-/m1/s1. The van der Waals surface area contributed by atoms with Gasteiger partial charge in [0.25, 0.3) is 17.4 Å². The monoisotopic (exact) mass is 627 g/mol. The van der Waals surface area contributed by atoms with Crippen molar-refractivity contribution in [3.05, 3.63) is 140 Å². The summed E-state index contributed by atoms with van der Waals surface area (Å²) >= 11 is 0. The number of carboxylic acids is 1. The van der Waals surface area contributed by atoms with E-state index in [1.165, 1.54) is 25.3 Å². The average Bonchev–Trinajstić information content (AvgIpc) is 3.50. The summed E-state index contributed by atoms with van der Waals surface area (Å²) in [6.07, 6.45) is -3.58. The molecule has 1 aromatic heterocycles. The molecule has 1 saturated heterocycles. The first-order chi connectivity index (χ1) is 22.2. The number of aryl methyl sites for hydroxylation is 1. The molecule has 0 radical (unpaired) electrons. The van der Waals surface area contributed by atoms with Crippen molar-refractivity contribution in [2.24, 2.45) is 0 Å². The second-order valence-electron chi connectivity index (χ2n) is 10.9. The van der Waals surface area contributed by atoms with Crippen molar-refractivity contribution in [2.75, 3.05) is 6.61 Å². The third-order valence-corrected chi connectivity index (χ3v) is 7.84. The van der Waals surface area contributed by atoms with E-state index in [0.29, 0.717) is 10.6 Å². The van der Waals surface area contributed by atoms with Crippen LogP contribution in [0.25, 0.3) is 0 Å². The zero-order valence-corrected chi connectivity index (χ0v) is 24.5. The largest absolute Gasteiger partial charge is 0.479 e. The summed E-state index contributed by atoms with van der Waals surface area (Å²) in [5, 5.41) is 11.3. The lowest BCUT2D eigenvalue weighted by Crippen LogP contribution is -2.55. The van der Waals surface area contributed by atoms with Gasteiger partial charge in [0.2, 0.25) is 5.60 Å². The molecule has 0 spiro atoms. The van der Waals surface area contributed by atoms with Gasteiger partial charge >= 0.3 is 11.7 Å². The summed E-state index contributed by atoms with van der Waals surface area (Å²) in [5.74, 6) is -3.09. The number of carboxylic acid groups (broad SMARTS) is 1. The van der Waals surface area contributed by atoms with Crippen LogP contribution in [-0.4, -0.2) is 61.9 Å². The van der Waals surface area contributed by atoms with Crippen molar-refractivity contribution in [1.29, 1.82) is 0 Å². The Hall–Kier alpha value is -5.21. The molecule has 236 valence electrons. The van der Waals surface area contributed by atoms with Gasteiger partial charge in [-0.15, -0.1) is 5.06 Å². The first-order valence-corrected chi connectivity index (χ1v) is 14.3. The Balaban J connectivity index is 1.44. The number of aliphatic carboxylic acids is 1. The molecule has 4 aromatic rings. The molecule has 2 aliphatic rings. The molecule has 46 heavy (non-hydrogen) atoms. The average molecular weight is 628 g/mol. The number of aromatic amines is 1. The molecule has 6 rings (SSSR count). The van der Waals surface area contributed by atoms with Gasteiger partial charge in [-0.05, 0) is 30.2 Å². The molecule has 13 heteroatoms. The van der Waals surface area contributed by atoms with Crippen LogP contribution < -0.4 is 11.2 Å². The molecule has 0 unspecified atom stereocenters. The van der Waals surface area contributed by atoms with Crippen molar-refractivity contribution < 1.29 is 38.5 Å². The van der Waals surface area contributed by atoms with Crippen LogP contribution in [0.15, 0.2) is 101 Å². The van der Waals surface area contributed by atoms with Crippen LogP contribution in [0.2, 0.25) is 0 Å². The third kappa shape index (κ3) is 5.68. The van der Waals surface area contributed by atoms with Crippen LogP contribution in [0.1, 0.15) is 43.6 Å². The number of H-pyrrole nitrogens is 1. The quantitative estimate of drug-likeness (QED) is 0.236. The van der Waals surface area contributed by atoms with E-state index in [1.807, 2.05) is 6.07 Å². The lowest BCUT2D eigenvalue weighted by molar-refractivity contribution is -0.196. The van der Waals surface area contributed by atoms with Gasteiger partial charge in [-0.1, -0.05) is 72.8 Å². The zero-order chi connectivity index (χ0) is 32.4. The fourth-order valence-electron chi connectivity index (χ4n) is 5.48. The van der Waals surface area contributed by atoms with Gasteiger partial charge in [0.1, 0.15) is 6.10 Å². The minimum atomic E-state index is -2.32. The van der Waals surface area contributed by atoms with Gasteiger partial charge in [0.05, 0.1) is 30.9 Å². The lowest BCUT2D eigenvalue weighted by Gasteiger charge is -2.31. The van der Waals surface area contributed by atoms with Crippen LogP contribution in [0.3, 0.4) is 0 Å². The lowest BCUT2D eigenvalue weighted by atomic mass is 9.95. The number of benzene rings is 3. The maximum absolute atomic E-state index is 13.4. The van der Waals surface area contributed by atoms with E-state index in [0.717, 1.165) is 10.1 Å². The number of nitrogens with one attached hydrogen (secondary N) is 1. The normalized spacial score (nSPS) is 22.3. The van der Waals surface area contributed by atoms with Crippen molar-refractivity contribution in [1.82, 2.24) is 14.6 Å². The highest BCUT2D eigenvalue weighted by atomic mass is 16.7. The number of fused-ring (bicyclic) bond motifs is 1. The Morgan fingerprint density at radius 1 is 0.870 bits per heavy atom. The van der Waals surface area contributed by atoms with Crippen LogP contribution in [0.4, 0.5) is 0 Å². The van der Waals surface area contributed by atoms with Gasteiger partial charge in [-0.3, -0.25) is 28.8 Å². The second kappa shape index (κ2) is 12.7. The first-order valence-electron chi connectivity index (χ1n) is 14.3. The highest BCUT2D eigenvalue weighted by Crippen LogP contribution is 2.43. The van der Waals surface area contributed by atoms with Gasteiger partial charge in [-0.25, -0.2) is 9.59 Å². The third-order valence-electron chi connectivity index (χ3n) is 7.84. The van der Waals surface area contributed by atoms with Gasteiger partial charge < -0.3 is 19.3 Å². The molecular weight excluding hydrogens is 598 g/mol. The van der Waals surface area contributed by atoms with E-state index in [1.54, 1.807) is 66.7 Å². The van der Waals surface area contributed by atoms with E-state index in [-0.39, 0.29) is 29.9 Å². The Labute approximate surface area is 261 Å². The molecule has 0 aliphatic carbocycles. The van der Waals surface area contributed by atoms with Crippen molar-refractivity contribution in [3.8, 4) is 0 Å². The topological polar surface area (TPSA) is 166 Å². The molecule has 0 saturated carbocycles. The number of rotatable bonds is 11. The van der Waals surface area contributed by atoms with Crippen molar-refractivity contribution in [3.63, 3.8) is 0 Å². The summed E-state index contributed by atoms with van der Waals surface area (Å²) in [6, 6.07) is 24.0. The number of ether oxygens (including phenoxy) is 3. The van der Waals surface area contributed by atoms with Crippen molar-refractivity contribution >= 4 is 17.8 Å². The number of amides is 2. The molecule has 2 amide bonds. The molecule has 4 atom stereocenters. The van der Waals surface area contributed by atoms with Gasteiger partial charge in [-0.2, -0.15) is 0 Å². The molecule has 1 fully saturated rings. The number of carbonyl (C=O) groups is 3. The highest BCUT2D eigenvalue weighted by molar-refractivity contribution is 6.20. The predicted molar refractivity (Wildman–Crippen MR) is 159 cm³/mol. The summed E-state index contributed by atoms with van der Waals surface area (Å²) in [4.78, 5) is 73.5. The number of nitrogens with zero attached hydrogens (tertiary/aromatic N) is 2. The second-order valence-corrected chi connectivity index (χ2v) is 10.9. The van der Waals surface area contributed by atoms with E-state index < -0.39 is 59.7 Å². The first kappa shape index (κ1) is 30.8. The molecule has 2 aliphatic heterocycles. The minimum absolute atomic E-state index is 0.0109. The Kier molecular flexibility index (Phi) is 8.47.